The number of hydrogen-bond donors (Lipinski definition) is 0. The molecular weight excluding hydrogens is 474 g/mol. The highest BCUT2D eigenvalue weighted by Gasteiger charge is 2.33. The van der Waals surface area contributed by atoms with E-state index >= 15 is 0 Å². The number of imidazole rings is 1. The third-order valence-electron chi connectivity index (χ3n) is 5.11. The van der Waals surface area contributed by atoms with Crippen LogP contribution in [0.15, 0.2) is 41.6 Å². The maximum absolute atomic E-state index is 13.1. The summed E-state index contributed by atoms with van der Waals surface area (Å²) in [5.74, 6) is -0.479. The number of benzene rings is 1. The maximum atomic E-state index is 13.1. The molecule has 4 aromatic rings. The zero-order valence-corrected chi connectivity index (χ0v) is 17.8. The van der Waals surface area contributed by atoms with Crippen molar-refractivity contribution in [3.8, 4) is 11.5 Å². The maximum Gasteiger partial charge on any atom is 0.417 e. The van der Waals surface area contributed by atoms with Crippen molar-refractivity contribution in [2.24, 2.45) is 7.05 Å². The van der Waals surface area contributed by atoms with E-state index in [9.17, 15) is 34.8 Å². The van der Waals surface area contributed by atoms with Gasteiger partial charge >= 0.3 is 12.4 Å². The molecule has 0 saturated carbocycles. The number of rotatable bonds is 3. The van der Waals surface area contributed by atoms with Crippen LogP contribution in [-0.4, -0.2) is 33.7 Å². The Labute approximate surface area is 182 Å². The first-order valence-electron chi connectivity index (χ1n) is 9.37. The van der Waals surface area contributed by atoms with E-state index in [2.05, 4.69) is 15.0 Å². The van der Waals surface area contributed by atoms with Crippen LogP contribution in [0.3, 0.4) is 0 Å². The molecule has 1 aromatic carbocycles. The molecule has 13 heteroatoms. The summed E-state index contributed by atoms with van der Waals surface area (Å²) in [4.78, 5) is 11.6. The van der Waals surface area contributed by atoms with Gasteiger partial charge in [0.25, 0.3) is 0 Å². The number of fused-ring (bicyclic) bond motifs is 2. The Morgan fingerprint density at radius 3 is 2.21 bits per heavy atom. The Morgan fingerprint density at radius 1 is 0.939 bits per heavy atom. The van der Waals surface area contributed by atoms with E-state index < -0.39 is 33.3 Å². The molecule has 0 aliphatic carbocycles. The third-order valence-corrected chi connectivity index (χ3v) is 6.91. The van der Waals surface area contributed by atoms with Gasteiger partial charge in [-0.2, -0.15) is 26.3 Å². The van der Waals surface area contributed by atoms with Crippen molar-refractivity contribution in [1.82, 2.24) is 19.5 Å². The normalized spacial score (nSPS) is 13.2. The lowest BCUT2D eigenvalue weighted by Crippen LogP contribution is -2.10. The Hall–Kier alpha value is -3.22. The first-order valence-corrected chi connectivity index (χ1v) is 11.0. The number of aryl methyl sites for hydroxylation is 1. The number of halogens is 6. The lowest BCUT2D eigenvalue weighted by Gasteiger charge is -2.14. The number of aromatic nitrogens is 4. The van der Waals surface area contributed by atoms with Crippen LogP contribution in [0.2, 0.25) is 0 Å². The molecule has 3 aromatic heterocycles. The van der Waals surface area contributed by atoms with Gasteiger partial charge in [0, 0.05) is 30.2 Å². The summed E-state index contributed by atoms with van der Waals surface area (Å²) in [7, 11) is -2.61. The predicted octanol–water partition coefficient (Wildman–Crippen LogP) is 5.01. The summed E-state index contributed by atoms with van der Waals surface area (Å²) in [5, 5.41) is -0.0670. The molecule has 0 atom stereocenters. The summed E-state index contributed by atoms with van der Waals surface area (Å²) < 4.78 is 106. The van der Waals surface area contributed by atoms with Gasteiger partial charge in [0.2, 0.25) is 0 Å². The quantitative estimate of drug-likeness (QED) is 0.379. The highest BCUT2D eigenvalue weighted by atomic mass is 32.2. The van der Waals surface area contributed by atoms with Crippen LogP contribution in [0.25, 0.3) is 33.5 Å². The topological polar surface area (TPSA) is 77.7 Å². The van der Waals surface area contributed by atoms with Gasteiger partial charge in [-0.1, -0.05) is 13.0 Å². The van der Waals surface area contributed by atoms with E-state index in [4.69, 9.17) is 0 Å². The molecule has 0 amide bonds. The minimum Gasteiger partial charge on any atom is -0.310 e. The zero-order chi connectivity index (χ0) is 24.3. The zero-order valence-electron chi connectivity index (χ0n) is 17.0. The van der Waals surface area contributed by atoms with E-state index in [0.717, 1.165) is 30.5 Å². The molecule has 0 bridgehead atoms. The Bertz CT molecular complexity index is 1510. The molecule has 0 unspecified atom stereocenters. The average Bonchev–Trinajstić information content (AvgIpc) is 3.07. The first kappa shape index (κ1) is 23.0. The van der Waals surface area contributed by atoms with Gasteiger partial charge in [0.05, 0.1) is 16.9 Å². The molecule has 0 fully saturated rings. The molecule has 0 aliphatic rings. The lowest BCUT2D eigenvalue weighted by atomic mass is 10.1. The molecule has 3 heterocycles. The molecular formula is C20H14F6N4O2S. The SMILES string of the molecule is CCS(=O)(=O)c1c(-c2nc3cc(C(F)(F)F)cnc3n2C)ncc2cc(C(F)(F)F)ccc12. The van der Waals surface area contributed by atoms with Crippen LogP contribution in [0.1, 0.15) is 18.1 Å². The molecule has 0 saturated heterocycles. The summed E-state index contributed by atoms with van der Waals surface area (Å²) in [6, 6.07) is 3.35. The first-order chi connectivity index (χ1) is 15.2. The third kappa shape index (κ3) is 3.90. The second-order valence-electron chi connectivity index (χ2n) is 7.20. The number of hydrogen-bond acceptors (Lipinski definition) is 5. The molecule has 174 valence electrons. The Balaban J connectivity index is 2.04. The summed E-state index contributed by atoms with van der Waals surface area (Å²) >= 11 is 0. The van der Waals surface area contributed by atoms with Crippen molar-refractivity contribution >= 4 is 31.8 Å². The second kappa shape index (κ2) is 7.40. The molecule has 6 nitrogen and oxygen atoms in total. The summed E-state index contributed by atoms with van der Waals surface area (Å²) in [5.41, 5.74) is -2.30. The Kier molecular flexibility index (Phi) is 5.15. The fourth-order valence-corrected chi connectivity index (χ4v) is 4.68. The largest absolute Gasteiger partial charge is 0.417 e. The van der Waals surface area contributed by atoms with E-state index in [-0.39, 0.29) is 44.1 Å². The van der Waals surface area contributed by atoms with Crippen LogP contribution < -0.4 is 0 Å². The van der Waals surface area contributed by atoms with E-state index in [1.807, 2.05) is 0 Å². The van der Waals surface area contributed by atoms with Crippen LogP contribution in [-0.2, 0) is 29.2 Å². The van der Waals surface area contributed by atoms with Gasteiger partial charge in [-0.15, -0.1) is 0 Å². The minimum absolute atomic E-state index is 0.00848. The highest BCUT2D eigenvalue weighted by Crippen LogP contribution is 2.37. The number of nitrogens with zero attached hydrogens (tertiary/aromatic N) is 4. The summed E-state index contributed by atoms with van der Waals surface area (Å²) in [6.07, 6.45) is -7.60. The molecule has 0 N–H and O–H groups in total. The van der Waals surface area contributed by atoms with Gasteiger partial charge in [-0.25, -0.2) is 18.4 Å². The van der Waals surface area contributed by atoms with Crippen molar-refractivity contribution in [3.63, 3.8) is 0 Å². The molecule has 0 spiro atoms. The monoisotopic (exact) mass is 488 g/mol. The van der Waals surface area contributed by atoms with Gasteiger partial charge in [0.1, 0.15) is 16.1 Å². The summed E-state index contributed by atoms with van der Waals surface area (Å²) in [6.45, 7) is 1.36. The van der Waals surface area contributed by atoms with Crippen molar-refractivity contribution in [2.45, 2.75) is 24.2 Å². The van der Waals surface area contributed by atoms with Crippen molar-refractivity contribution in [3.05, 3.63) is 47.8 Å². The van der Waals surface area contributed by atoms with Gasteiger partial charge in [0.15, 0.2) is 21.3 Å². The van der Waals surface area contributed by atoms with Crippen molar-refractivity contribution in [2.75, 3.05) is 5.75 Å². The van der Waals surface area contributed by atoms with Crippen LogP contribution in [0.5, 0.6) is 0 Å². The smallest absolute Gasteiger partial charge is 0.310 e. The number of alkyl halides is 6. The molecule has 4 rings (SSSR count). The predicted molar refractivity (Wildman–Crippen MR) is 107 cm³/mol. The average molecular weight is 488 g/mol. The second-order valence-corrected chi connectivity index (χ2v) is 9.41. The number of pyridine rings is 2. The molecule has 0 aliphatic heterocycles. The highest BCUT2D eigenvalue weighted by molar-refractivity contribution is 7.91. The van der Waals surface area contributed by atoms with Gasteiger partial charge in [-0.3, -0.25) is 4.98 Å². The standard InChI is InChI=1S/C20H14F6N4O2S/c1-3-33(31,32)16-13-5-4-11(19(21,22)23)6-10(13)8-27-15(16)18-29-14-7-12(20(24,25)26)9-28-17(14)30(18)2/h4-9H,3H2,1-2H3. The van der Waals surface area contributed by atoms with Gasteiger partial charge < -0.3 is 4.57 Å². The van der Waals surface area contributed by atoms with E-state index in [1.165, 1.54) is 18.5 Å². The van der Waals surface area contributed by atoms with Crippen LogP contribution >= 0.6 is 0 Å². The number of sulfone groups is 1. The fraction of sp³-hybridized carbons (Fsp3) is 0.250. The molecule has 33 heavy (non-hydrogen) atoms. The fourth-order valence-electron chi connectivity index (χ4n) is 3.43. The Morgan fingerprint density at radius 2 is 1.61 bits per heavy atom. The van der Waals surface area contributed by atoms with Crippen molar-refractivity contribution < 1.29 is 34.8 Å². The molecule has 0 radical (unpaired) electrons. The van der Waals surface area contributed by atoms with Gasteiger partial charge in [-0.05, 0) is 18.2 Å². The van der Waals surface area contributed by atoms with E-state index in [1.54, 1.807) is 0 Å². The lowest BCUT2D eigenvalue weighted by molar-refractivity contribution is -0.138. The van der Waals surface area contributed by atoms with Crippen molar-refractivity contribution in [1.29, 1.82) is 0 Å². The minimum atomic E-state index is -4.66. The van der Waals surface area contributed by atoms with Crippen LogP contribution in [0.4, 0.5) is 26.3 Å². The van der Waals surface area contributed by atoms with E-state index in [0.29, 0.717) is 6.20 Å². The van der Waals surface area contributed by atoms with Crippen LogP contribution in [0, 0.1) is 0 Å².